The van der Waals surface area contributed by atoms with Crippen LogP contribution in [0.4, 0.5) is 0 Å². The van der Waals surface area contributed by atoms with Crippen molar-refractivity contribution < 1.29 is 4.79 Å². The van der Waals surface area contributed by atoms with Crippen LogP contribution in [0.25, 0.3) is 0 Å². The number of hydrogen-bond donors (Lipinski definition) is 2. The highest BCUT2D eigenvalue weighted by Crippen LogP contribution is 2.19. The number of carbonyl (C=O) groups is 1. The Hall–Kier alpha value is -0.210. The summed E-state index contributed by atoms with van der Waals surface area (Å²) in [6.07, 6.45) is 0. The van der Waals surface area contributed by atoms with E-state index in [1.54, 1.807) is 6.07 Å². The molecule has 0 fully saturated rings. The van der Waals surface area contributed by atoms with Crippen molar-refractivity contribution >= 4 is 61.6 Å². The molecule has 1 amide bonds. The zero-order chi connectivity index (χ0) is 11.4. The van der Waals surface area contributed by atoms with Gasteiger partial charge >= 0.3 is 0 Å². The molecule has 0 unspecified atom stereocenters. The third kappa shape index (κ3) is 4.04. The number of nitrogens with two attached hydrogens (primary N) is 1. The van der Waals surface area contributed by atoms with E-state index >= 15 is 0 Å². The minimum atomic E-state index is -0.187. The van der Waals surface area contributed by atoms with Crippen LogP contribution in [0.3, 0.4) is 0 Å². The van der Waals surface area contributed by atoms with Gasteiger partial charge in [0, 0.05) is 8.04 Å². The molecule has 80 valence electrons. The molecule has 1 rings (SSSR count). The summed E-state index contributed by atoms with van der Waals surface area (Å²) < 4.78 is 1.75. The molecule has 0 radical (unpaired) electrons. The van der Waals surface area contributed by atoms with Crippen LogP contribution in [0.1, 0.15) is 10.4 Å². The van der Waals surface area contributed by atoms with Crippen molar-refractivity contribution in [1.29, 1.82) is 0 Å². The van der Waals surface area contributed by atoms with E-state index in [0.29, 0.717) is 5.56 Å². The summed E-state index contributed by atoms with van der Waals surface area (Å²) in [6, 6.07) is 5.53. The lowest BCUT2D eigenvalue weighted by molar-refractivity contribution is 0.0958. The van der Waals surface area contributed by atoms with Crippen LogP contribution in [0.5, 0.6) is 0 Å². The van der Waals surface area contributed by atoms with E-state index < -0.39 is 0 Å². The van der Waals surface area contributed by atoms with Crippen LogP contribution < -0.4 is 11.1 Å². The summed E-state index contributed by atoms with van der Waals surface area (Å²) in [5.74, 6) is -0.187. The quantitative estimate of drug-likeness (QED) is 0.605. The number of amides is 1. The normalized spacial score (nSPS) is 9.73. The van der Waals surface area contributed by atoms with Gasteiger partial charge < -0.3 is 11.1 Å². The van der Waals surface area contributed by atoms with Crippen molar-refractivity contribution in [3.8, 4) is 0 Å². The predicted octanol–water partition coefficient (Wildman–Crippen LogP) is 2.07. The van der Waals surface area contributed by atoms with Gasteiger partial charge in [0.05, 0.1) is 17.1 Å². The highest BCUT2D eigenvalue weighted by Gasteiger charge is 2.09. The monoisotopic (exact) mass is 398 g/mol. The third-order valence-corrected chi connectivity index (χ3v) is 3.10. The van der Waals surface area contributed by atoms with Gasteiger partial charge in [0.1, 0.15) is 0 Å². The molecule has 6 heteroatoms. The third-order valence-electron chi connectivity index (χ3n) is 1.60. The summed E-state index contributed by atoms with van der Waals surface area (Å²) in [5, 5.41) is 2.63. The average molecular weight is 399 g/mol. The summed E-state index contributed by atoms with van der Waals surface area (Å²) >= 11 is 10.1. The Morgan fingerprint density at radius 2 is 2.27 bits per heavy atom. The molecule has 0 atom stereocenters. The molecule has 0 aliphatic heterocycles. The van der Waals surface area contributed by atoms with E-state index in [1.807, 2.05) is 12.1 Å². The maximum Gasteiger partial charge on any atom is 0.252 e. The Morgan fingerprint density at radius 1 is 1.60 bits per heavy atom. The van der Waals surface area contributed by atoms with E-state index in [-0.39, 0.29) is 17.4 Å². The molecule has 1 aromatic rings. The van der Waals surface area contributed by atoms with Gasteiger partial charge in [0.15, 0.2) is 0 Å². The van der Waals surface area contributed by atoms with Crippen LogP contribution in [0, 0.1) is 3.57 Å². The number of nitrogens with one attached hydrogen (secondary N) is 1. The minimum absolute atomic E-state index is 0.187. The lowest BCUT2D eigenvalue weighted by Gasteiger charge is -2.06. The van der Waals surface area contributed by atoms with Gasteiger partial charge in [0.25, 0.3) is 5.91 Å². The molecule has 15 heavy (non-hydrogen) atoms. The summed E-state index contributed by atoms with van der Waals surface area (Å²) in [4.78, 5) is 11.9. The van der Waals surface area contributed by atoms with E-state index in [2.05, 4.69) is 56.1 Å². The second-order valence-electron chi connectivity index (χ2n) is 2.77. The molecular weight excluding hydrogens is 391 g/mol. The number of halogens is 2. The van der Waals surface area contributed by atoms with Crippen LogP contribution in [0.15, 0.2) is 22.7 Å². The molecule has 0 heterocycles. The number of hydrogen-bond acceptors (Lipinski definition) is 2. The van der Waals surface area contributed by atoms with E-state index in [4.69, 9.17) is 5.73 Å². The number of rotatable bonds is 3. The molecule has 0 spiro atoms. The molecule has 3 N–H and O–H groups in total. The highest BCUT2D eigenvalue weighted by atomic mass is 127. The Balaban J connectivity index is 2.81. The molecule has 3 nitrogen and oxygen atoms in total. The first kappa shape index (κ1) is 12.9. The average Bonchev–Trinajstić information content (AvgIpc) is 2.18. The molecular formula is C9H8BrIN2OS. The van der Waals surface area contributed by atoms with Crippen molar-refractivity contribution in [3.05, 3.63) is 31.8 Å². The van der Waals surface area contributed by atoms with Crippen molar-refractivity contribution in [2.45, 2.75) is 0 Å². The van der Waals surface area contributed by atoms with Crippen LogP contribution >= 0.6 is 50.7 Å². The number of carbonyl (C=O) groups excluding carboxylic acids is 1. The van der Waals surface area contributed by atoms with E-state index in [9.17, 15) is 4.79 Å². The first-order valence-electron chi connectivity index (χ1n) is 4.02. The van der Waals surface area contributed by atoms with Gasteiger partial charge in [-0.05, 0) is 56.7 Å². The summed E-state index contributed by atoms with van der Waals surface area (Å²) in [5.41, 5.74) is 5.87. The van der Waals surface area contributed by atoms with Gasteiger partial charge in [-0.2, -0.15) is 0 Å². The zero-order valence-electron chi connectivity index (χ0n) is 7.59. The predicted molar refractivity (Wildman–Crippen MR) is 76.0 cm³/mol. The Bertz CT molecular complexity index is 411. The smallest absolute Gasteiger partial charge is 0.252 e. The SMILES string of the molecule is NC(=S)CNC(=O)c1cc(I)ccc1Br. The first-order valence-corrected chi connectivity index (χ1v) is 6.30. The van der Waals surface area contributed by atoms with Gasteiger partial charge in [0.2, 0.25) is 0 Å². The summed E-state index contributed by atoms with van der Waals surface area (Å²) in [7, 11) is 0. The lowest BCUT2D eigenvalue weighted by Crippen LogP contribution is -2.32. The molecule has 0 saturated heterocycles. The van der Waals surface area contributed by atoms with Crippen LogP contribution in [-0.4, -0.2) is 17.4 Å². The Kier molecular flexibility index (Phi) is 4.94. The molecule has 0 aromatic heterocycles. The Labute approximate surface area is 115 Å². The second-order valence-corrected chi connectivity index (χ2v) is 5.40. The van der Waals surface area contributed by atoms with E-state index in [0.717, 1.165) is 8.04 Å². The second kappa shape index (κ2) is 5.76. The zero-order valence-corrected chi connectivity index (χ0v) is 12.1. The summed E-state index contributed by atoms with van der Waals surface area (Å²) in [6.45, 7) is 0.214. The lowest BCUT2D eigenvalue weighted by atomic mass is 10.2. The van der Waals surface area contributed by atoms with Crippen LogP contribution in [0.2, 0.25) is 0 Å². The number of benzene rings is 1. The highest BCUT2D eigenvalue weighted by molar-refractivity contribution is 14.1. The van der Waals surface area contributed by atoms with Crippen molar-refractivity contribution in [3.63, 3.8) is 0 Å². The molecule has 0 aliphatic rings. The van der Waals surface area contributed by atoms with Gasteiger partial charge in [-0.15, -0.1) is 0 Å². The van der Waals surface area contributed by atoms with Gasteiger partial charge in [-0.25, -0.2) is 0 Å². The minimum Gasteiger partial charge on any atom is -0.392 e. The molecule has 0 saturated carbocycles. The van der Waals surface area contributed by atoms with Gasteiger partial charge in [-0.3, -0.25) is 4.79 Å². The van der Waals surface area contributed by atoms with Gasteiger partial charge in [-0.1, -0.05) is 12.2 Å². The largest absolute Gasteiger partial charge is 0.392 e. The standard InChI is InChI=1S/C9H8BrIN2OS/c10-7-2-1-5(11)3-6(7)9(14)13-4-8(12)15/h1-3H,4H2,(H2,12,15)(H,13,14). The molecule has 0 bridgehead atoms. The maximum absolute atomic E-state index is 11.7. The fraction of sp³-hybridized carbons (Fsp3) is 0.111. The van der Waals surface area contributed by atoms with Crippen LogP contribution in [-0.2, 0) is 0 Å². The first-order chi connectivity index (χ1) is 7.00. The van der Waals surface area contributed by atoms with E-state index in [1.165, 1.54) is 0 Å². The fourth-order valence-electron chi connectivity index (χ4n) is 0.934. The maximum atomic E-state index is 11.7. The molecule has 1 aromatic carbocycles. The number of thiocarbonyl (C=S) groups is 1. The Morgan fingerprint density at radius 3 is 2.87 bits per heavy atom. The topological polar surface area (TPSA) is 55.1 Å². The fourth-order valence-corrected chi connectivity index (χ4v) is 1.92. The van der Waals surface area contributed by atoms with Crippen molar-refractivity contribution in [2.75, 3.05) is 6.54 Å². The molecule has 0 aliphatic carbocycles. The van der Waals surface area contributed by atoms with Crippen molar-refractivity contribution in [1.82, 2.24) is 5.32 Å². The van der Waals surface area contributed by atoms with Crippen molar-refractivity contribution in [2.24, 2.45) is 5.73 Å².